The van der Waals surface area contributed by atoms with Gasteiger partial charge >= 0.3 is 0 Å². The van der Waals surface area contributed by atoms with E-state index in [9.17, 15) is 13.2 Å². The van der Waals surface area contributed by atoms with Crippen LogP contribution in [0.3, 0.4) is 0 Å². The summed E-state index contributed by atoms with van der Waals surface area (Å²) < 4.78 is 25.7. The van der Waals surface area contributed by atoms with Crippen molar-refractivity contribution in [2.75, 3.05) is 23.7 Å². The molecule has 1 unspecified atom stereocenters. The van der Waals surface area contributed by atoms with Crippen LogP contribution in [0.5, 0.6) is 0 Å². The minimum atomic E-state index is -3.59. The molecule has 0 aromatic heterocycles. The van der Waals surface area contributed by atoms with Crippen molar-refractivity contribution in [2.24, 2.45) is 0 Å². The van der Waals surface area contributed by atoms with Gasteiger partial charge in [0.25, 0.3) is 0 Å². The molecule has 1 amide bonds. The molecule has 1 saturated heterocycles. The highest BCUT2D eigenvalue weighted by atomic mass is 35.5. The summed E-state index contributed by atoms with van der Waals surface area (Å²) in [7, 11) is -3.59. The van der Waals surface area contributed by atoms with E-state index >= 15 is 0 Å². The highest BCUT2D eigenvalue weighted by Gasteiger charge is 2.29. The molecule has 1 aliphatic rings. The maximum absolute atomic E-state index is 12.8. The van der Waals surface area contributed by atoms with Gasteiger partial charge in [0.1, 0.15) is 6.54 Å². The lowest BCUT2D eigenvalue weighted by Gasteiger charge is -2.36. The zero-order valence-electron chi connectivity index (χ0n) is 14.5. The number of anilines is 1. The molecule has 0 spiro atoms. The first-order valence-electron chi connectivity index (χ1n) is 8.27. The molecule has 7 heteroatoms. The van der Waals surface area contributed by atoms with Gasteiger partial charge in [-0.15, -0.1) is 0 Å². The van der Waals surface area contributed by atoms with Crippen LogP contribution in [-0.2, 0) is 14.8 Å². The summed E-state index contributed by atoms with van der Waals surface area (Å²) in [5, 5.41) is 0.445. The van der Waals surface area contributed by atoms with Gasteiger partial charge in [0.2, 0.25) is 15.9 Å². The van der Waals surface area contributed by atoms with Crippen LogP contribution in [-0.4, -0.2) is 44.6 Å². The first-order valence-corrected chi connectivity index (χ1v) is 10.5. The van der Waals surface area contributed by atoms with Gasteiger partial charge in [-0.1, -0.05) is 24.6 Å². The first kappa shape index (κ1) is 19.1. The van der Waals surface area contributed by atoms with Crippen LogP contribution in [0.1, 0.15) is 38.2 Å². The number of hydrogen-bond acceptors (Lipinski definition) is 3. The second kappa shape index (κ2) is 7.74. The highest BCUT2D eigenvalue weighted by Crippen LogP contribution is 2.27. The SMILES string of the molecule is CCC1CCCCN1C(=O)CN(c1cc(Cl)ccc1C)S(C)(=O)=O. The van der Waals surface area contributed by atoms with Gasteiger partial charge in [-0.05, 0) is 50.3 Å². The second-order valence-corrected chi connectivity index (χ2v) is 8.69. The number of benzene rings is 1. The van der Waals surface area contributed by atoms with Crippen molar-refractivity contribution < 1.29 is 13.2 Å². The lowest BCUT2D eigenvalue weighted by atomic mass is 10.00. The normalized spacial score (nSPS) is 18.5. The molecular weight excluding hydrogens is 348 g/mol. The Morgan fingerprint density at radius 3 is 2.71 bits per heavy atom. The summed E-state index contributed by atoms with van der Waals surface area (Å²) in [6, 6.07) is 5.27. The number of sulfonamides is 1. The minimum absolute atomic E-state index is 0.147. The number of hydrogen-bond donors (Lipinski definition) is 0. The van der Waals surface area contributed by atoms with Crippen LogP contribution in [0.4, 0.5) is 5.69 Å². The standard InChI is InChI=1S/C17H25ClN2O3S/c1-4-15-7-5-6-10-19(15)17(21)12-20(24(3,22)23)16-11-14(18)9-8-13(16)2/h8-9,11,15H,4-7,10,12H2,1-3H3. The van der Waals surface area contributed by atoms with E-state index in [0.717, 1.165) is 41.8 Å². The van der Waals surface area contributed by atoms with Gasteiger partial charge < -0.3 is 4.90 Å². The Balaban J connectivity index is 2.30. The predicted octanol–water partition coefficient (Wildman–Crippen LogP) is 3.21. The molecule has 24 heavy (non-hydrogen) atoms. The van der Waals surface area contributed by atoms with Gasteiger partial charge in [0.05, 0.1) is 11.9 Å². The summed E-state index contributed by atoms with van der Waals surface area (Å²) >= 11 is 6.03. The molecule has 1 heterocycles. The quantitative estimate of drug-likeness (QED) is 0.797. The largest absolute Gasteiger partial charge is 0.338 e. The Morgan fingerprint density at radius 2 is 2.08 bits per heavy atom. The topological polar surface area (TPSA) is 57.7 Å². The zero-order valence-corrected chi connectivity index (χ0v) is 16.0. The molecule has 1 fully saturated rings. The van der Waals surface area contributed by atoms with Crippen molar-refractivity contribution in [3.63, 3.8) is 0 Å². The Hall–Kier alpha value is -1.27. The molecule has 1 aromatic carbocycles. The summed E-state index contributed by atoms with van der Waals surface area (Å²) in [6.45, 7) is 4.38. The van der Waals surface area contributed by atoms with Crippen molar-refractivity contribution >= 4 is 33.2 Å². The number of nitrogens with zero attached hydrogens (tertiary/aromatic N) is 2. The van der Waals surface area contributed by atoms with E-state index in [2.05, 4.69) is 6.92 Å². The monoisotopic (exact) mass is 372 g/mol. The van der Waals surface area contributed by atoms with Crippen molar-refractivity contribution in [2.45, 2.75) is 45.6 Å². The van der Waals surface area contributed by atoms with Crippen molar-refractivity contribution in [1.29, 1.82) is 0 Å². The van der Waals surface area contributed by atoms with E-state index in [1.165, 1.54) is 0 Å². The van der Waals surface area contributed by atoms with E-state index in [1.807, 2.05) is 11.8 Å². The van der Waals surface area contributed by atoms with Crippen LogP contribution in [0.15, 0.2) is 18.2 Å². The van der Waals surface area contributed by atoms with Crippen LogP contribution in [0, 0.1) is 6.92 Å². The number of piperidine rings is 1. The smallest absolute Gasteiger partial charge is 0.243 e. The molecule has 0 radical (unpaired) electrons. The number of carbonyl (C=O) groups is 1. The predicted molar refractivity (Wildman–Crippen MR) is 98.0 cm³/mol. The third-order valence-electron chi connectivity index (χ3n) is 4.54. The number of halogens is 1. The fourth-order valence-corrected chi connectivity index (χ4v) is 4.26. The number of aryl methyl sites for hydroxylation is 1. The average Bonchev–Trinajstić information content (AvgIpc) is 2.53. The van der Waals surface area contributed by atoms with Gasteiger partial charge in [-0.3, -0.25) is 9.10 Å². The summed E-state index contributed by atoms with van der Waals surface area (Å²) in [5.41, 5.74) is 1.23. The van der Waals surface area contributed by atoms with E-state index in [4.69, 9.17) is 11.6 Å². The third-order valence-corrected chi connectivity index (χ3v) is 5.90. The summed E-state index contributed by atoms with van der Waals surface area (Å²) in [4.78, 5) is 14.6. The lowest BCUT2D eigenvalue weighted by molar-refractivity contribution is -0.133. The third kappa shape index (κ3) is 4.42. The van der Waals surface area contributed by atoms with Gasteiger partial charge in [-0.25, -0.2) is 8.42 Å². The maximum Gasteiger partial charge on any atom is 0.243 e. The van der Waals surface area contributed by atoms with E-state index in [1.54, 1.807) is 18.2 Å². The van der Waals surface area contributed by atoms with Crippen molar-refractivity contribution in [1.82, 2.24) is 4.90 Å². The molecule has 134 valence electrons. The number of rotatable bonds is 5. The van der Waals surface area contributed by atoms with Gasteiger partial charge in [0, 0.05) is 17.6 Å². The molecule has 0 bridgehead atoms. The van der Waals surface area contributed by atoms with E-state index in [0.29, 0.717) is 17.3 Å². The van der Waals surface area contributed by atoms with Crippen molar-refractivity contribution in [3.8, 4) is 0 Å². The van der Waals surface area contributed by atoms with Gasteiger partial charge in [0.15, 0.2) is 0 Å². The molecule has 1 aliphatic heterocycles. The van der Waals surface area contributed by atoms with Crippen molar-refractivity contribution in [3.05, 3.63) is 28.8 Å². The molecule has 0 saturated carbocycles. The first-order chi connectivity index (χ1) is 11.2. The Morgan fingerprint density at radius 1 is 1.38 bits per heavy atom. The van der Waals surface area contributed by atoms with Gasteiger partial charge in [-0.2, -0.15) is 0 Å². The van der Waals surface area contributed by atoms with E-state index < -0.39 is 10.0 Å². The molecule has 5 nitrogen and oxygen atoms in total. The molecular formula is C17H25ClN2O3S. The molecule has 1 atom stereocenters. The fraction of sp³-hybridized carbons (Fsp3) is 0.588. The average molecular weight is 373 g/mol. The minimum Gasteiger partial charge on any atom is -0.338 e. The van der Waals surface area contributed by atoms with Crippen LogP contribution in [0.2, 0.25) is 5.02 Å². The maximum atomic E-state index is 12.8. The Labute approximate surface area is 149 Å². The summed E-state index contributed by atoms with van der Waals surface area (Å²) in [5.74, 6) is -0.147. The fourth-order valence-electron chi connectivity index (χ4n) is 3.20. The van der Waals surface area contributed by atoms with E-state index in [-0.39, 0.29) is 18.5 Å². The Kier molecular flexibility index (Phi) is 6.15. The van der Waals surface area contributed by atoms with Crippen LogP contribution < -0.4 is 4.31 Å². The number of amides is 1. The molecule has 0 N–H and O–H groups in total. The lowest BCUT2D eigenvalue weighted by Crippen LogP contribution is -2.49. The second-order valence-electron chi connectivity index (χ2n) is 6.35. The van der Waals surface area contributed by atoms with Crippen LogP contribution >= 0.6 is 11.6 Å². The van der Waals surface area contributed by atoms with Crippen LogP contribution in [0.25, 0.3) is 0 Å². The highest BCUT2D eigenvalue weighted by molar-refractivity contribution is 7.92. The summed E-state index contributed by atoms with van der Waals surface area (Å²) in [6.07, 6.45) is 5.08. The zero-order chi connectivity index (χ0) is 17.9. The number of carbonyl (C=O) groups excluding carboxylic acids is 1. The molecule has 0 aliphatic carbocycles. The number of likely N-dealkylation sites (tertiary alicyclic amines) is 1. The molecule has 2 rings (SSSR count). The Bertz CT molecular complexity index is 706. The molecule has 1 aromatic rings.